The van der Waals surface area contributed by atoms with Gasteiger partial charge < -0.3 is 10.0 Å². The molecule has 0 bridgehead atoms. The zero-order valence-electron chi connectivity index (χ0n) is 11.2. The maximum absolute atomic E-state index is 12.3. The minimum atomic E-state index is -0.831. The Kier molecular flexibility index (Phi) is 3.74. The van der Waals surface area contributed by atoms with Gasteiger partial charge in [-0.2, -0.15) is 0 Å². The second kappa shape index (κ2) is 5.30. The van der Waals surface area contributed by atoms with Crippen molar-refractivity contribution in [3.05, 3.63) is 29.8 Å². The molecule has 0 unspecified atom stereocenters. The van der Waals surface area contributed by atoms with Crippen LogP contribution in [0.1, 0.15) is 12.5 Å². The number of likely N-dealkylation sites (tertiary alicyclic amines) is 1. The smallest absolute Gasteiger partial charge is 0.324 e. The van der Waals surface area contributed by atoms with Crippen LogP contribution in [0.2, 0.25) is 0 Å². The van der Waals surface area contributed by atoms with Crippen molar-refractivity contribution in [1.29, 1.82) is 0 Å². The monoisotopic (exact) mass is 262 g/mol. The normalized spacial score (nSPS) is 14.9. The van der Waals surface area contributed by atoms with Gasteiger partial charge in [-0.3, -0.25) is 9.69 Å². The standard InChI is InChI=1S/C14H18N2O3/c1-3-16(12-6-4-5-10(2)7-12)14(19)15-8-11(9-15)13(17)18/h4-7,11H,3,8-9H2,1-2H3,(H,17,18). The second-order valence-electron chi connectivity index (χ2n) is 4.81. The summed E-state index contributed by atoms with van der Waals surface area (Å²) >= 11 is 0. The molecule has 2 rings (SSSR count). The van der Waals surface area contributed by atoms with Gasteiger partial charge in [-0.15, -0.1) is 0 Å². The van der Waals surface area contributed by atoms with Crippen LogP contribution < -0.4 is 4.90 Å². The SMILES string of the molecule is CCN(C(=O)N1CC(C(=O)O)C1)c1cccc(C)c1. The van der Waals surface area contributed by atoms with Gasteiger partial charge in [0.05, 0.1) is 5.92 Å². The molecule has 0 spiro atoms. The van der Waals surface area contributed by atoms with Gasteiger partial charge >= 0.3 is 12.0 Å². The van der Waals surface area contributed by atoms with Gasteiger partial charge in [-0.1, -0.05) is 12.1 Å². The topological polar surface area (TPSA) is 60.9 Å². The lowest BCUT2D eigenvalue weighted by atomic mass is 10.0. The number of carbonyl (C=O) groups excluding carboxylic acids is 1. The fraction of sp³-hybridized carbons (Fsp3) is 0.429. The Hall–Kier alpha value is -2.04. The molecule has 5 heteroatoms. The van der Waals surface area contributed by atoms with E-state index in [1.165, 1.54) is 0 Å². The van der Waals surface area contributed by atoms with Crippen LogP contribution in [0.25, 0.3) is 0 Å². The first kappa shape index (κ1) is 13.4. The Morgan fingerprint density at radius 2 is 2.11 bits per heavy atom. The first-order chi connectivity index (χ1) is 9.02. The van der Waals surface area contributed by atoms with Gasteiger partial charge in [0.1, 0.15) is 0 Å². The molecule has 1 saturated heterocycles. The molecule has 2 amide bonds. The highest BCUT2D eigenvalue weighted by molar-refractivity contribution is 5.93. The molecule has 102 valence electrons. The third-order valence-corrected chi connectivity index (χ3v) is 3.36. The van der Waals surface area contributed by atoms with E-state index in [4.69, 9.17) is 5.11 Å². The summed E-state index contributed by atoms with van der Waals surface area (Å²) in [5.74, 6) is -1.25. The number of aryl methyl sites for hydroxylation is 1. The van der Waals surface area contributed by atoms with Gasteiger partial charge in [0.2, 0.25) is 0 Å². The van der Waals surface area contributed by atoms with E-state index < -0.39 is 11.9 Å². The molecular formula is C14H18N2O3. The average Bonchev–Trinajstić information content (AvgIpc) is 2.27. The summed E-state index contributed by atoms with van der Waals surface area (Å²) in [5, 5.41) is 8.83. The fourth-order valence-electron chi connectivity index (χ4n) is 2.19. The van der Waals surface area contributed by atoms with Gasteiger partial charge in [0.15, 0.2) is 0 Å². The molecule has 0 atom stereocenters. The number of anilines is 1. The summed E-state index contributed by atoms with van der Waals surface area (Å²) in [4.78, 5) is 26.3. The lowest BCUT2D eigenvalue weighted by Gasteiger charge is -2.39. The van der Waals surface area contributed by atoms with Crippen LogP contribution in [0.5, 0.6) is 0 Å². The third-order valence-electron chi connectivity index (χ3n) is 3.36. The molecule has 1 aliphatic rings. The average molecular weight is 262 g/mol. The second-order valence-corrected chi connectivity index (χ2v) is 4.81. The summed E-state index contributed by atoms with van der Waals surface area (Å²) in [6.45, 7) is 5.06. The van der Waals surface area contributed by atoms with Gasteiger partial charge in [0, 0.05) is 25.3 Å². The van der Waals surface area contributed by atoms with E-state index in [1.54, 1.807) is 9.80 Å². The quantitative estimate of drug-likeness (QED) is 0.905. The van der Waals surface area contributed by atoms with Crippen molar-refractivity contribution in [3.8, 4) is 0 Å². The maximum Gasteiger partial charge on any atom is 0.324 e. The Labute approximate surface area is 112 Å². The van der Waals surface area contributed by atoms with Gasteiger partial charge in [0.25, 0.3) is 0 Å². The van der Waals surface area contributed by atoms with Gasteiger partial charge in [-0.05, 0) is 31.5 Å². The number of hydrogen-bond donors (Lipinski definition) is 1. The minimum absolute atomic E-state index is 0.120. The maximum atomic E-state index is 12.3. The van der Waals surface area contributed by atoms with E-state index in [0.717, 1.165) is 11.3 Å². The Morgan fingerprint density at radius 3 is 2.63 bits per heavy atom. The zero-order valence-corrected chi connectivity index (χ0v) is 11.2. The predicted molar refractivity (Wildman–Crippen MR) is 72.3 cm³/mol. The Balaban J connectivity index is 2.07. The number of benzene rings is 1. The van der Waals surface area contributed by atoms with E-state index in [0.29, 0.717) is 19.6 Å². The van der Waals surface area contributed by atoms with Crippen molar-refractivity contribution < 1.29 is 14.7 Å². The van der Waals surface area contributed by atoms with E-state index in [2.05, 4.69) is 0 Å². The van der Waals surface area contributed by atoms with Crippen molar-refractivity contribution >= 4 is 17.7 Å². The summed E-state index contributed by atoms with van der Waals surface area (Å²) < 4.78 is 0. The van der Waals surface area contributed by atoms with E-state index in [9.17, 15) is 9.59 Å². The van der Waals surface area contributed by atoms with Crippen molar-refractivity contribution in [2.75, 3.05) is 24.5 Å². The summed E-state index contributed by atoms with van der Waals surface area (Å²) in [6, 6.07) is 7.62. The molecule has 0 radical (unpaired) electrons. The molecule has 0 saturated carbocycles. The highest BCUT2D eigenvalue weighted by atomic mass is 16.4. The molecule has 1 fully saturated rings. The Bertz CT molecular complexity index is 495. The molecule has 1 aromatic carbocycles. The number of urea groups is 1. The van der Waals surface area contributed by atoms with E-state index in [1.807, 2.05) is 38.1 Å². The van der Waals surface area contributed by atoms with E-state index in [-0.39, 0.29) is 6.03 Å². The summed E-state index contributed by atoms with van der Waals surface area (Å²) in [6.07, 6.45) is 0. The summed E-state index contributed by atoms with van der Waals surface area (Å²) in [7, 11) is 0. The lowest BCUT2D eigenvalue weighted by molar-refractivity contribution is -0.146. The number of carboxylic acid groups (broad SMARTS) is 1. The van der Waals surface area contributed by atoms with Gasteiger partial charge in [-0.25, -0.2) is 4.79 Å². The molecule has 1 N–H and O–H groups in total. The van der Waals surface area contributed by atoms with Crippen molar-refractivity contribution in [2.24, 2.45) is 5.92 Å². The first-order valence-corrected chi connectivity index (χ1v) is 6.39. The number of carbonyl (C=O) groups is 2. The molecule has 1 aliphatic heterocycles. The largest absolute Gasteiger partial charge is 0.481 e. The summed E-state index contributed by atoms with van der Waals surface area (Å²) in [5.41, 5.74) is 1.95. The van der Waals surface area contributed by atoms with Crippen LogP contribution in [-0.4, -0.2) is 41.6 Å². The van der Waals surface area contributed by atoms with Crippen LogP contribution in [0, 0.1) is 12.8 Å². The van der Waals surface area contributed by atoms with Crippen LogP contribution in [0.15, 0.2) is 24.3 Å². The predicted octanol–water partition coefficient (Wildman–Crippen LogP) is 1.96. The van der Waals surface area contributed by atoms with Crippen molar-refractivity contribution in [1.82, 2.24) is 4.90 Å². The first-order valence-electron chi connectivity index (χ1n) is 6.39. The molecule has 19 heavy (non-hydrogen) atoms. The third kappa shape index (κ3) is 2.70. The van der Waals surface area contributed by atoms with Crippen LogP contribution >= 0.6 is 0 Å². The highest BCUT2D eigenvalue weighted by Crippen LogP contribution is 2.22. The molecule has 5 nitrogen and oxygen atoms in total. The number of nitrogens with zero attached hydrogens (tertiary/aromatic N) is 2. The molecular weight excluding hydrogens is 244 g/mol. The number of aliphatic carboxylic acids is 1. The number of amides is 2. The lowest BCUT2D eigenvalue weighted by Crippen LogP contribution is -2.57. The van der Waals surface area contributed by atoms with Crippen LogP contribution in [0.3, 0.4) is 0 Å². The molecule has 0 aliphatic carbocycles. The molecule has 0 aromatic heterocycles. The van der Waals surface area contributed by atoms with E-state index >= 15 is 0 Å². The molecule has 1 heterocycles. The van der Waals surface area contributed by atoms with Crippen molar-refractivity contribution in [3.63, 3.8) is 0 Å². The van der Waals surface area contributed by atoms with Crippen LogP contribution in [0.4, 0.5) is 10.5 Å². The number of rotatable bonds is 3. The highest BCUT2D eigenvalue weighted by Gasteiger charge is 2.37. The fourth-order valence-corrected chi connectivity index (χ4v) is 2.19. The Morgan fingerprint density at radius 1 is 1.42 bits per heavy atom. The number of carboxylic acids is 1. The van der Waals surface area contributed by atoms with Crippen LogP contribution in [-0.2, 0) is 4.79 Å². The van der Waals surface area contributed by atoms with Crippen molar-refractivity contribution in [2.45, 2.75) is 13.8 Å². The number of hydrogen-bond acceptors (Lipinski definition) is 2. The molecule has 1 aromatic rings. The zero-order chi connectivity index (χ0) is 14.0. The minimum Gasteiger partial charge on any atom is -0.481 e.